The van der Waals surface area contributed by atoms with Crippen molar-refractivity contribution in [3.05, 3.63) is 0 Å². The minimum atomic E-state index is -0.253. The summed E-state index contributed by atoms with van der Waals surface area (Å²) in [6.45, 7) is 6.75. The third-order valence-electron chi connectivity index (χ3n) is 4.14. The number of rotatable bonds is 6. The third kappa shape index (κ3) is 5.19. The molecule has 0 aromatic carbocycles. The summed E-state index contributed by atoms with van der Waals surface area (Å²) >= 11 is 0. The maximum Gasteiger partial charge on any atom is 0.306 e. The fourth-order valence-corrected chi connectivity index (χ4v) is 2.74. The van der Waals surface area contributed by atoms with Crippen molar-refractivity contribution in [2.24, 2.45) is 17.8 Å². The van der Waals surface area contributed by atoms with E-state index in [1.165, 1.54) is 6.42 Å². The first-order valence-corrected chi connectivity index (χ1v) is 7.20. The van der Waals surface area contributed by atoms with Crippen LogP contribution in [0.5, 0.6) is 0 Å². The lowest BCUT2D eigenvalue weighted by Crippen LogP contribution is -2.22. The molecular formula is C15H26O3. The number of hydrogen-bond acceptors (Lipinski definition) is 3. The summed E-state index contributed by atoms with van der Waals surface area (Å²) in [6.07, 6.45) is 4.79. The second-order valence-electron chi connectivity index (χ2n) is 5.68. The number of ether oxygens (including phenoxy) is 1. The molecule has 1 saturated carbocycles. The molecule has 0 saturated heterocycles. The van der Waals surface area contributed by atoms with Gasteiger partial charge in [-0.25, -0.2) is 0 Å². The maximum absolute atomic E-state index is 11.8. The highest BCUT2D eigenvalue weighted by Crippen LogP contribution is 2.35. The molecule has 104 valence electrons. The standard InChI is InChI=1S/C15H26O3/c1-4-18-15(17)8-7-14(16)10-13-6-5-11(2)12(3)9-13/h11-13H,4-10H2,1-3H3. The Hall–Kier alpha value is -0.860. The maximum atomic E-state index is 11.8. The molecule has 0 radical (unpaired) electrons. The lowest BCUT2D eigenvalue weighted by molar-refractivity contribution is -0.144. The molecule has 0 spiro atoms. The van der Waals surface area contributed by atoms with Crippen LogP contribution in [0.15, 0.2) is 0 Å². The van der Waals surface area contributed by atoms with Crippen molar-refractivity contribution in [2.45, 2.75) is 59.3 Å². The van der Waals surface area contributed by atoms with Crippen molar-refractivity contribution in [1.29, 1.82) is 0 Å². The number of carbonyl (C=O) groups excluding carboxylic acids is 2. The highest BCUT2D eigenvalue weighted by Gasteiger charge is 2.26. The van der Waals surface area contributed by atoms with Crippen molar-refractivity contribution in [3.63, 3.8) is 0 Å². The van der Waals surface area contributed by atoms with Crippen molar-refractivity contribution in [3.8, 4) is 0 Å². The molecule has 3 nitrogen and oxygen atoms in total. The fourth-order valence-electron chi connectivity index (χ4n) is 2.74. The van der Waals surface area contributed by atoms with Crippen molar-refractivity contribution in [2.75, 3.05) is 6.61 Å². The number of Topliss-reactive ketones (excluding diaryl/α,β-unsaturated/α-hetero) is 1. The molecule has 1 aliphatic carbocycles. The van der Waals surface area contributed by atoms with Gasteiger partial charge in [-0.3, -0.25) is 9.59 Å². The van der Waals surface area contributed by atoms with E-state index in [9.17, 15) is 9.59 Å². The Bertz CT molecular complexity index is 285. The number of carbonyl (C=O) groups is 2. The average Bonchev–Trinajstić information content (AvgIpc) is 2.32. The first-order chi connectivity index (χ1) is 8.52. The lowest BCUT2D eigenvalue weighted by Gasteiger charge is -2.31. The summed E-state index contributed by atoms with van der Waals surface area (Å²) < 4.78 is 4.82. The van der Waals surface area contributed by atoms with Crippen LogP contribution in [0.1, 0.15) is 59.3 Å². The molecule has 0 aromatic heterocycles. The van der Waals surface area contributed by atoms with Gasteiger partial charge in [-0.15, -0.1) is 0 Å². The van der Waals surface area contributed by atoms with Crippen molar-refractivity contribution < 1.29 is 14.3 Å². The van der Waals surface area contributed by atoms with E-state index in [0.29, 0.717) is 25.4 Å². The molecular weight excluding hydrogens is 228 g/mol. The van der Waals surface area contributed by atoms with E-state index in [-0.39, 0.29) is 18.2 Å². The Kier molecular flexibility index (Phi) is 6.37. The molecule has 0 bridgehead atoms. The first kappa shape index (κ1) is 15.2. The van der Waals surface area contributed by atoms with Gasteiger partial charge < -0.3 is 4.74 Å². The van der Waals surface area contributed by atoms with E-state index in [2.05, 4.69) is 13.8 Å². The summed E-state index contributed by atoms with van der Waals surface area (Å²) in [7, 11) is 0. The van der Waals surface area contributed by atoms with Crippen LogP contribution in [0.2, 0.25) is 0 Å². The molecule has 0 heterocycles. The van der Waals surface area contributed by atoms with Crippen LogP contribution in [0.25, 0.3) is 0 Å². The summed E-state index contributed by atoms with van der Waals surface area (Å²) in [4.78, 5) is 23.0. The van der Waals surface area contributed by atoms with Crippen LogP contribution >= 0.6 is 0 Å². The smallest absolute Gasteiger partial charge is 0.306 e. The van der Waals surface area contributed by atoms with Gasteiger partial charge in [0.2, 0.25) is 0 Å². The highest BCUT2D eigenvalue weighted by molar-refractivity contribution is 5.83. The SMILES string of the molecule is CCOC(=O)CCC(=O)CC1CCC(C)C(C)C1. The normalized spacial score (nSPS) is 27.8. The minimum absolute atomic E-state index is 0.217. The third-order valence-corrected chi connectivity index (χ3v) is 4.14. The Morgan fingerprint density at radius 2 is 1.83 bits per heavy atom. The second kappa shape index (κ2) is 7.55. The second-order valence-corrected chi connectivity index (χ2v) is 5.68. The van der Waals surface area contributed by atoms with Gasteiger partial charge in [0.15, 0.2) is 0 Å². The number of ketones is 1. The molecule has 0 N–H and O–H groups in total. The largest absolute Gasteiger partial charge is 0.466 e. The molecule has 1 rings (SSSR count). The predicted octanol–water partition coefficient (Wildman–Crippen LogP) is 3.36. The van der Waals surface area contributed by atoms with Gasteiger partial charge >= 0.3 is 5.97 Å². The van der Waals surface area contributed by atoms with E-state index in [1.807, 2.05) is 0 Å². The zero-order valence-electron chi connectivity index (χ0n) is 11.9. The predicted molar refractivity (Wildman–Crippen MR) is 71.2 cm³/mol. The lowest BCUT2D eigenvalue weighted by atomic mass is 9.74. The van der Waals surface area contributed by atoms with E-state index in [4.69, 9.17) is 4.74 Å². The van der Waals surface area contributed by atoms with Gasteiger partial charge in [0, 0.05) is 12.8 Å². The van der Waals surface area contributed by atoms with E-state index in [1.54, 1.807) is 6.92 Å². The molecule has 0 aromatic rings. The van der Waals surface area contributed by atoms with E-state index < -0.39 is 0 Å². The topological polar surface area (TPSA) is 43.4 Å². The summed E-state index contributed by atoms with van der Waals surface area (Å²) in [5, 5.41) is 0. The molecule has 1 fully saturated rings. The highest BCUT2D eigenvalue weighted by atomic mass is 16.5. The number of esters is 1. The molecule has 3 heteroatoms. The van der Waals surface area contributed by atoms with Crippen LogP contribution in [0.4, 0.5) is 0 Å². The first-order valence-electron chi connectivity index (χ1n) is 7.20. The minimum Gasteiger partial charge on any atom is -0.466 e. The van der Waals surface area contributed by atoms with Gasteiger partial charge in [0.05, 0.1) is 13.0 Å². The number of hydrogen-bond donors (Lipinski definition) is 0. The Labute approximate surface area is 110 Å². The van der Waals surface area contributed by atoms with Crippen LogP contribution in [0, 0.1) is 17.8 Å². The van der Waals surface area contributed by atoms with Crippen LogP contribution < -0.4 is 0 Å². The van der Waals surface area contributed by atoms with Crippen molar-refractivity contribution in [1.82, 2.24) is 0 Å². The van der Waals surface area contributed by atoms with Crippen LogP contribution in [-0.4, -0.2) is 18.4 Å². The molecule has 18 heavy (non-hydrogen) atoms. The van der Waals surface area contributed by atoms with E-state index in [0.717, 1.165) is 24.7 Å². The van der Waals surface area contributed by atoms with Gasteiger partial charge in [-0.05, 0) is 37.5 Å². The van der Waals surface area contributed by atoms with Crippen LogP contribution in [-0.2, 0) is 14.3 Å². The molecule has 0 amide bonds. The van der Waals surface area contributed by atoms with Gasteiger partial charge in [0.25, 0.3) is 0 Å². The monoisotopic (exact) mass is 254 g/mol. The fraction of sp³-hybridized carbons (Fsp3) is 0.867. The Morgan fingerprint density at radius 3 is 2.44 bits per heavy atom. The van der Waals surface area contributed by atoms with Gasteiger partial charge in [0.1, 0.15) is 5.78 Å². The zero-order chi connectivity index (χ0) is 13.5. The molecule has 3 unspecified atom stereocenters. The Balaban J connectivity index is 2.22. The summed E-state index contributed by atoms with van der Waals surface area (Å²) in [5.74, 6) is 2.01. The summed E-state index contributed by atoms with van der Waals surface area (Å²) in [5.41, 5.74) is 0. The van der Waals surface area contributed by atoms with E-state index >= 15 is 0 Å². The quantitative estimate of drug-likeness (QED) is 0.683. The van der Waals surface area contributed by atoms with Gasteiger partial charge in [-0.1, -0.05) is 20.3 Å². The van der Waals surface area contributed by atoms with Gasteiger partial charge in [-0.2, -0.15) is 0 Å². The van der Waals surface area contributed by atoms with Crippen LogP contribution in [0.3, 0.4) is 0 Å². The molecule has 3 atom stereocenters. The summed E-state index contributed by atoms with van der Waals surface area (Å²) in [6, 6.07) is 0. The average molecular weight is 254 g/mol. The Morgan fingerprint density at radius 1 is 1.11 bits per heavy atom. The molecule has 1 aliphatic rings. The van der Waals surface area contributed by atoms with Crippen molar-refractivity contribution >= 4 is 11.8 Å². The molecule has 0 aliphatic heterocycles. The zero-order valence-corrected chi connectivity index (χ0v) is 11.9.